The second kappa shape index (κ2) is 2.93. The number of Topliss-reactive ketones (excluding diaryl/α,β-unsaturated/α-hetero) is 1. The van der Waals surface area contributed by atoms with Gasteiger partial charge in [0.05, 0.1) is 5.92 Å². The number of ketones is 1. The average Bonchev–Trinajstić information content (AvgIpc) is 2.02. The minimum atomic E-state index is 0.157. The Kier molecular flexibility index (Phi) is 2.01. The van der Waals surface area contributed by atoms with Crippen molar-refractivity contribution in [3.05, 3.63) is 0 Å². The van der Waals surface area contributed by atoms with E-state index in [4.69, 9.17) is 0 Å². The van der Waals surface area contributed by atoms with Crippen LogP contribution in [0.25, 0.3) is 0 Å². The lowest BCUT2D eigenvalue weighted by molar-refractivity contribution is -0.124. The van der Waals surface area contributed by atoms with Crippen LogP contribution in [-0.4, -0.2) is 18.0 Å². The van der Waals surface area contributed by atoms with Crippen LogP contribution in [0.3, 0.4) is 0 Å². The molecular weight excluding hydrogens is 162 g/mol. The summed E-state index contributed by atoms with van der Waals surface area (Å²) in [4.78, 5) is 16.3. The van der Waals surface area contributed by atoms with Crippen LogP contribution in [0.15, 0.2) is 4.99 Å². The second-order valence-electron chi connectivity index (χ2n) is 5.05. The fourth-order valence-corrected chi connectivity index (χ4v) is 2.47. The molecule has 1 heterocycles. The lowest BCUT2D eigenvalue weighted by Gasteiger charge is -2.36. The van der Waals surface area contributed by atoms with Crippen LogP contribution < -0.4 is 0 Å². The van der Waals surface area contributed by atoms with Crippen molar-refractivity contribution in [2.75, 3.05) is 6.54 Å². The highest BCUT2D eigenvalue weighted by Crippen LogP contribution is 2.37. The van der Waals surface area contributed by atoms with Crippen molar-refractivity contribution in [1.82, 2.24) is 0 Å². The second-order valence-corrected chi connectivity index (χ2v) is 5.05. The van der Waals surface area contributed by atoms with Gasteiger partial charge in [-0.05, 0) is 24.7 Å². The predicted octanol–water partition coefficient (Wildman–Crippen LogP) is 2.23. The first kappa shape index (κ1) is 8.92. The zero-order valence-electron chi connectivity index (χ0n) is 8.47. The molecule has 0 aromatic rings. The summed E-state index contributed by atoms with van der Waals surface area (Å²) in [5.74, 6) is 0.622. The van der Waals surface area contributed by atoms with Crippen molar-refractivity contribution in [1.29, 1.82) is 0 Å². The third-order valence-corrected chi connectivity index (χ3v) is 3.07. The first-order chi connectivity index (χ1) is 6.08. The Morgan fingerprint density at radius 2 is 2.15 bits per heavy atom. The summed E-state index contributed by atoms with van der Waals surface area (Å²) in [5, 5.41) is 0. The Balaban J connectivity index is 2.25. The Bertz CT molecular complexity index is 265. The van der Waals surface area contributed by atoms with E-state index in [0.29, 0.717) is 5.78 Å². The van der Waals surface area contributed by atoms with Gasteiger partial charge < -0.3 is 0 Å². The Labute approximate surface area is 79.4 Å². The fourth-order valence-electron chi connectivity index (χ4n) is 2.47. The van der Waals surface area contributed by atoms with Gasteiger partial charge in [-0.25, -0.2) is 0 Å². The summed E-state index contributed by atoms with van der Waals surface area (Å²) in [6, 6.07) is 0. The summed E-state index contributed by atoms with van der Waals surface area (Å²) >= 11 is 0. The Morgan fingerprint density at radius 3 is 2.92 bits per heavy atom. The van der Waals surface area contributed by atoms with E-state index in [9.17, 15) is 4.79 Å². The van der Waals surface area contributed by atoms with Crippen molar-refractivity contribution in [2.24, 2.45) is 16.3 Å². The molecule has 0 spiro atoms. The van der Waals surface area contributed by atoms with Gasteiger partial charge in [-0.1, -0.05) is 13.8 Å². The van der Waals surface area contributed by atoms with E-state index in [1.54, 1.807) is 0 Å². The molecule has 1 aliphatic carbocycles. The molecule has 0 saturated heterocycles. The van der Waals surface area contributed by atoms with Gasteiger partial charge in [0.15, 0.2) is 0 Å². The van der Waals surface area contributed by atoms with Gasteiger partial charge in [0.1, 0.15) is 5.78 Å². The zero-order chi connectivity index (χ0) is 9.47. The molecule has 2 heteroatoms. The van der Waals surface area contributed by atoms with E-state index >= 15 is 0 Å². The van der Waals surface area contributed by atoms with Crippen LogP contribution in [-0.2, 0) is 4.79 Å². The molecule has 0 aromatic heterocycles. The molecule has 0 aromatic carbocycles. The maximum Gasteiger partial charge on any atom is 0.142 e. The molecule has 1 unspecified atom stereocenters. The summed E-state index contributed by atoms with van der Waals surface area (Å²) < 4.78 is 0. The average molecular weight is 179 g/mol. The lowest BCUT2D eigenvalue weighted by Crippen LogP contribution is -2.39. The van der Waals surface area contributed by atoms with Gasteiger partial charge in [0, 0.05) is 18.7 Å². The van der Waals surface area contributed by atoms with Crippen LogP contribution in [0, 0.1) is 11.3 Å². The molecule has 2 aliphatic rings. The summed E-state index contributed by atoms with van der Waals surface area (Å²) in [5.41, 5.74) is 1.34. The van der Waals surface area contributed by atoms with Crippen molar-refractivity contribution in [3.63, 3.8) is 0 Å². The van der Waals surface area contributed by atoms with Crippen LogP contribution in [0.5, 0.6) is 0 Å². The van der Waals surface area contributed by atoms with Gasteiger partial charge in [-0.3, -0.25) is 9.79 Å². The quantitative estimate of drug-likeness (QED) is 0.560. The number of carbonyl (C=O) groups excluding carboxylic acids is 1. The topological polar surface area (TPSA) is 29.4 Å². The number of hydrogen-bond donors (Lipinski definition) is 0. The Hall–Kier alpha value is -0.660. The third-order valence-electron chi connectivity index (χ3n) is 3.07. The van der Waals surface area contributed by atoms with E-state index in [-0.39, 0.29) is 11.3 Å². The van der Waals surface area contributed by atoms with Crippen LogP contribution >= 0.6 is 0 Å². The van der Waals surface area contributed by atoms with E-state index in [1.165, 1.54) is 5.71 Å². The van der Waals surface area contributed by atoms with E-state index in [1.807, 2.05) is 0 Å². The molecule has 1 saturated carbocycles. The normalized spacial score (nSPS) is 32.3. The number of rotatable bonds is 0. The minimum Gasteiger partial charge on any atom is -0.299 e. The monoisotopic (exact) mass is 179 g/mol. The molecule has 2 rings (SSSR count). The lowest BCUT2D eigenvalue weighted by atomic mass is 9.69. The molecular formula is C11H17NO. The van der Waals surface area contributed by atoms with Crippen molar-refractivity contribution >= 4 is 11.5 Å². The number of aliphatic imine (C=N–C) groups is 1. The molecule has 0 bridgehead atoms. The summed E-state index contributed by atoms with van der Waals surface area (Å²) in [6.45, 7) is 5.27. The molecule has 2 nitrogen and oxygen atoms in total. The molecule has 1 atom stereocenters. The smallest absolute Gasteiger partial charge is 0.142 e. The standard InChI is InChI=1S/C11H17NO/c1-11(2)6-9-8(10(13)7-11)4-3-5-12-9/h8H,3-7H2,1-2H3. The highest BCUT2D eigenvalue weighted by Gasteiger charge is 2.38. The van der Waals surface area contributed by atoms with E-state index < -0.39 is 0 Å². The summed E-state index contributed by atoms with van der Waals surface area (Å²) in [6.07, 6.45) is 3.92. The maximum atomic E-state index is 11.8. The van der Waals surface area contributed by atoms with Crippen LogP contribution in [0.1, 0.15) is 39.5 Å². The third kappa shape index (κ3) is 1.67. The largest absolute Gasteiger partial charge is 0.299 e. The van der Waals surface area contributed by atoms with Crippen LogP contribution in [0.2, 0.25) is 0 Å². The molecule has 72 valence electrons. The molecule has 0 N–H and O–H groups in total. The van der Waals surface area contributed by atoms with E-state index in [0.717, 1.165) is 32.2 Å². The Morgan fingerprint density at radius 1 is 1.38 bits per heavy atom. The van der Waals surface area contributed by atoms with Gasteiger partial charge in [0.25, 0.3) is 0 Å². The van der Waals surface area contributed by atoms with Crippen molar-refractivity contribution in [2.45, 2.75) is 39.5 Å². The van der Waals surface area contributed by atoms with Gasteiger partial charge in [0.2, 0.25) is 0 Å². The highest BCUT2D eigenvalue weighted by atomic mass is 16.1. The first-order valence-electron chi connectivity index (χ1n) is 5.14. The summed E-state index contributed by atoms with van der Waals surface area (Å²) in [7, 11) is 0. The highest BCUT2D eigenvalue weighted by molar-refractivity contribution is 6.08. The SMILES string of the molecule is CC1(C)CC(=O)C2CCCN=C2C1. The number of carbonyl (C=O) groups is 1. The fraction of sp³-hybridized carbons (Fsp3) is 0.818. The number of nitrogens with zero attached hydrogens (tertiary/aromatic N) is 1. The van der Waals surface area contributed by atoms with Gasteiger partial charge in [-0.15, -0.1) is 0 Å². The number of hydrogen-bond acceptors (Lipinski definition) is 2. The van der Waals surface area contributed by atoms with Gasteiger partial charge >= 0.3 is 0 Å². The minimum absolute atomic E-state index is 0.157. The van der Waals surface area contributed by atoms with Gasteiger partial charge in [-0.2, -0.15) is 0 Å². The number of fused-ring (bicyclic) bond motifs is 1. The van der Waals surface area contributed by atoms with Crippen molar-refractivity contribution in [3.8, 4) is 0 Å². The van der Waals surface area contributed by atoms with Crippen LogP contribution in [0.4, 0.5) is 0 Å². The first-order valence-corrected chi connectivity index (χ1v) is 5.14. The van der Waals surface area contributed by atoms with E-state index in [2.05, 4.69) is 18.8 Å². The molecule has 0 amide bonds. The molecule has 0 radical (unpaired) electrons. The van der Waals surface area contributed by atoms with Crippen molar-refractivity contribution < 1.29 is 4.79 Å². The maximum absolute atomic E-state index is 11.8. The predicted molar refractivity (Wildman–Crippen MR) is 53.0 cm³/mol. The molecule has 1 fully saturated rings. The molecule has 13 heavy (non-hydrogen) atoms. The molecule has 1 aliphatic heterocycles. The zero-order valence-corrected chi connectivity index (χ0v) is 8.47.